The first-order chi connectivity index (χ1) is 13.9. The third kappa shape index (κ3) is 5.04. The molecule has 0 aliphatic carbocycles. The van der Waals surface area contributed by atoms with Crippen LogP contribution < -0.4 is 10.2 Å². The summed E-state index contributed by atoms with van der Waals surface area (Å²) in [6.07, 6.45) is 2.11. The lowest BCUT2D eigenvalue weighted by molar-refractivity contribution is -0.894. The van der Waals surface area contributed by atoms with Gasteiger partial charge in [0.1, 0.15) is 0 Å². The van der Waals surface area contributed by atoms with Crippen LogP contribution in [-0.2, 0) is 9.59 Å². The second kappa shape index (κ2) is 9.23. The minimum Gasteiger partial charge on any atom is -0.337 e. The quantitative estimate of drug-likeness (QED) is 0.791. The molecule has 154 valence electrons. The number of hydrogen-bond donors (Lipinski definition) is 2. The first-order valence-corrected chi connectivity index (χ1v) is 10.4. The maximum Gasteiger partial charge on any atom is 0.285 e. The average molecular weight is 395 g/mol. The molecule has 1 unspecified atom stereocenters. The van der Waals surface area contributed by atoms with Crippen molar-refractivity contribution in [3.8, 4) is 0 Å². The smallest absolute Gasteiger partial charge is 0.285 e. The van der Waals surface area contributed by atoms with Crippen LogP contribution >= 0.6 is 0 Å². The number of likely N-dealkylation sites (N-methyl/N-ethyl adjacent to an activating group) is 1. The van der Waals surface area contributed by atoms with Crippen molar-refractivity contribution in [3.05, 3.63) is 64.7 Å². The van der Waals surface area contributed by atoms with Crippen molar-refractivity contribution in [3.63, 3.8) is 0 Å². The van der Waals surface area contributed by atoms with Crippen molar-refractivity contribution in [1.29, 1.82) is 0 Å². The van der Waals surface area contributed by atoms with Gasteiger partial charge in [-0.3, -0.25) is 9.59 Å². The van der Waals surface area contributed by atoms with E-state index >= 15 is 0 Å². The number of carbonyl (C=O) groups excluding carboxylic acids is 2. The molecule has 1 saturated heterocycles. The summed E-state index contributed by atoms with van der Waals surface area (Å²) in [5.41, 5.74) is 5.12. The van der Waals surface area contributed by atoms with Gasteiger partial charge >= 0.3 is 0 Å². The van der Waals surface area contributed by atoms with Gasteiger partial charge < -0.3 is 15.1 Å². The number of rotatable bonds is 6. The van der Waals surface area contributed by atoms with Gasteiger partial charge in [-0.2, -0.15) is 0 Å². The second-order valence-corrected chi connectivity index (χ2v) is 8.22. The highest BCUT2D eigenvalue weighted by molar-refractivity contribution is 5.93. The molecular weight excluding hydrogens is 362 g/mol. The standard InChI is InChI=1S/C24H31N3O2/c1-17-14-18(2)22(19(3)15-17)25-21(28)16-26(4)23(20-10-6-5-7-11-20)24(29)27-12-8-9-13-27/h5-7,10-11,14-15,23H,8-9,12-13,16H2,1-4H3,(H,25,28)/p+1/t23-/m0/s1. The van der Waals surface area contributed by atoms with Crippen LogP contribution in [0.1, 0.15) is 41.1 Å². The third-order valence-electron chi connectivity index (χ3n) is 5.67. The molecule has 5 heteroatoms. The molecule has 2 aromatic carbocycles. The molecule has 1 aliphatic rings. The van der Waals surface area contributed by atoms with E-state index in [-0.39, 0.29) is 24.4 Å². The molecule has 0 saturated carbocycles. The van der Waals surface area contributed by atoms with E-state index in [1.165, 1.54) is 5.56 Å². The first kappa shape index (κ1) is 21.1. The van der Waals surface area contributed by atoms with Crippen LogP contribution in [0.25, 0.3) is 0 Å². The Morgan fingerprint density at radius 2 is 1.62 bits per heavy atom. The van der Waals surface area contributed by atoms with Crippen molar-refractivity contribution in [1.82, 2.24) is 4.90 Å². The SMILES string of the molecule is Cc1cc(C)c(NC(=O)C[NH+](C)[C@H](C(=O)N2CCCC2)c2ccccc2)c(C)c1. The highest BCUT2D eigenvalue weighted by Crippen LogP contribution is 2.22. The summed E-state index contributed by atoms with van der Waals surface area (Å²) in [4.78, 5) is 28.9. The van der Waals surface area contributed by atoms with E-state index in [0.717, 1.165) is 53.2 Å². The predicted octanol–water partition coefficient (Wildman–Crippen LogP) is 2.43. The minimum atomic E-state index is -0.375. The molecule has 3 rings (SSSR count). The Labute approximate surface area is 173 Å². The zero-order chi connectivity index (χ0) is 21.0. The van der Waals surface area contributed by atoms with Gasteiger partial charge in [0.25, 0.3) is 11.8 Å². The Morgan fingerprint density at radius 1 is 1.03 bits per heavy atom. The number of nitrogens with zero attached hydrogens (tertiary/aromatic N) is 1. The Kier molecular flexibility index (Phi) is 6.70. The Hall–Kier alpha value is -2.66. The fraction of sp³-hybridized carbons (Fsp3) is 0.417. The molecule has 2 amide bonds. The fourth-order valence-corrected chi connectivity index (χ4v) is 4.32. The van der Waals surface area contributed by atoms with E-state index in [9.17, 15) is 9.59 Å². The number of carbonyl (C=O) groups is 2. The van der Waals surface area contributed by atoms with Crippen molar-refractivity contribution in [2.24, 2.45) is 0 Å². The van der Waals surface area contributed by atoms with Crippen LogP contribution in [-0.4, -0.2) is 43.4 Å². The van der Waals surface area contributed by atoms with Crippen molar-refractivity contribution < 1.29 is 14.5 Å². The van der Waals surface area contributed by atoms with Crippen LogP contribution in [0.2, 0.25) is 0 Å². The van der Waals surface area contributed by atoms with Gasteiger partial charge in [-0.25, -0.2) is 0 Å². The number of nitrogens with one attached hydrogen (secondary N) is 2. The molecule has 2 atom stereocenters. The van der Waals surface area contributed by atoms with Crippen LogP contribution in [0.4, 0.5) is 5.69 Å². The third-order valence-corrected chi connectivity index (χ3v) is 5.67. The summed E-state index contributed by atoms with van der Waals surface area (Å²) < 4.78 is 0. The summed E-state index contributed by atoms with van der Waals surface area (Å²) >= 11 is 0. The molecule has 0 spiro atoms. The van der Waals surface area contributed by atoms with Gasteiger partial charge in [-0.05, 0) is 44.7 Å². The Balaban J connectivity index is 1.76. The number of aryl methyl sites for hydroxylation is 3. The Bertz CT molecular complexity index is 850. The highest BCUT2D eigenvalue weighted by Gasteiger charge is 2.35. The molecule has 1 aliphatic heterocycles. The van der Waals surface area contributed by atoms with Crippen molar-refractivity contribution in [2.75, 3.05) is 32.0 Å². The highest BCUT2D eigenvalue weighted by atomic mass is 16.2. The summed E-state index contributed by atoms with van der Waals surface area (Å²) in [7, 11) is 1.93. The molecule has 1 heterocycles. The van der Waals surface area contributed by atoms with Gasteiger partial charge in [-0.15, -0.1) is 0 Å². The van der Waals surface area contributed by atoms with E-state index in [2.05, 4.69) is 24.4 Å². The van der Waals surface area contributed by atoms with Crippen LogP contribution in [0.15, 0.2) is 42.5 Å². The number of quaternary nitrogens is 1. The zero-order valence-corrected chi connectivity index (χ0v) is 17.9. The number of benzene rings is 2. The van der Waals surface area contributed by atoms with Gasteiger partial charge in [-0.1, -0.05) is 48.0 Å². The van der Waals surface area contributed by atoms with Crippen LogP contribution in [0.3, 0.4) is 0 Å². The molecule has 0 radical (unpaired) electrons. The zero-order valence-electron chi connectivity index (χ0n) is 17.9. The molecule has 2 N–H and O–H groups in total. The Morgan fingerprint density at radius 3 is 2.21 bits per heavy atom. The molecule has 1 fully saturated rings. The lowest BCUT2D eigenvalue weighted by Gasteiger charge is -2.28. The molecule has 5 nitrogen and oxygen atoms in total. The summed E-state index contributed by atoms with van der Waals surface area (Å²) in [6, 6.07) is 13.6. The molecular formula is C24H32N3O2+. The van der Waals surface area contributed by atoms with E-state index in [1.807, 2.05) is 56.1 Å². The number of anilines is 1. The fourth-order valence-electron chi connectivity index (χ4n) is 4.32. The van der Waals surface area contributed by atoms with E-state index < -0.39 is 0 Å². The topological polar surface area (TPSA) is 53.9 Å². The van der Waals surface area contributed by atoms with Gasteiger partial charge in [0.05, 0.1) is 7.05 Å². The summed E-state index contributed by atoms with van der Waals surface area (Å²) in [5, 5.41) is 3.07. The van der Waals surface area contributed by atoms with Gasteiger partial charge in [0.15, 0.2) is 12.6 Å². The maximum atomic E-state index is 13.2. The van der Waals surface area contributed by atoms with E-state index in [4.69, 9.17) is 0 Å². The molecule has 2 aromatic rings. The van der Waals surface area contributed by atoms with Crippen molar-refractivity contribution >= 4 is 17.5 Å². The largest absolute Gasteiger partial charge is 0.337 e. The van der Waals surface area contributed by atoms with Crippen LogP contribution in [0, 0.1) is 20.8 Å². The normalized spacial score (nSPS) is 15.8. The second-order valence-electron chi connectivity index (χ2n) is 8.22. The molecule has 0 aromatic heterocycles. The van der Waals surface area contributed by atoms with Crippen LogP contribution in [0.5, 0.6) is 0 Å². The van der Waals surface area contributed by atoms with Crippen molar-refractivity contribution in [2.45, 2.75) is 39.7 Å². The maximum absolute atomic E-state index is 13.2. The number of likely N-dealkylation sites (tertiary alicyclic amines) is 1. The monoisotopic (exact) mass is 394 g/mol. The number of hydrogen-bond acceptors (Lipinski definition) is 2. The first-order valence-electron chi connectivity index (χ1n) is 10.4. The lowest BCUT2D eigenvalue weighted by Crippen LogP contribution is -3.11. The van der Waals surface area contributed by atoms with E-state index in [0.29, 0.717) is 0 Å². The van der Waals surface area contributed by atoms with E-state index in [1.54, 1.807) is 0 Å². The minimum absolute atomic E-state index is 0.0762. The number of amides is 2. The molecule has 29 heavy (non-hydrogen) atoms. The summed E-state index contributed by atoms with van der Waals surface area (Å²) in [6.45, 7) is 7.92. The summed E-state index contributed by atoms with van der Waals surface area (Å²) in [5.74, 6) is 0.0365. The predicted molar refractivity (Wildman–Crippen MR) is 116 cm³/mol. The average Bonchev–Trinajstić information content (AvgIpc) is 3.20. The lowest BCUT2D eigenvalue weighted by atomic mass is 10.0. The van der Waals surface area contributed by atoms with Gasteiger partial charge in [0.2, 0.25) is 0 Å². The van der Waals surface area contributed by atoms with Gasteiger partial charge in [0, 0.05) is 24.3 Å². The molecule has 0 bridgehead atoms.